The van der Waals surface area contributed by atoms with Gasteiger partial charge in [0.1, 0.15) is 4.75 Å². The van der Waals surface area contributed by atoms with Crippen LogP contribution in [0.3, 0.4) is 0 Å². The van der Waals surface area contributed by atoms with Crippen molar-refractivity contribution in [3.8, 4) is 10.4 Å². The van der Waals surface area contributed by atoms with E-state index in [9.17, 15) is 23.2 Å². The molecule has 5 rings (SSSR count). The molecule has 37 heavy (non-hydrogen) atoms. The van der Waals surface area contributed by atoms with E-state index in [-0.39, 0.29) is 31.2 Å². The smallest absolute Gasteiger partial charge is 0.253 e. The highest BCUT2D eigenvalue weighted by Crippen LogP contribution is 2.45. The fraction of sp³-hybridized carbons (Fsp3) is 0.222. The molecule has 1 unspecified atom stereocenters. The van der Waals surface area contributed by atoms with Crippen molar-refractivity contribution in [2.45, 2.75) is 17.6 Å². The first kappa shape index (κ1) is 25.1. The van der Waals surface area contributed by atoms with E-state index in [0.29, 0.717) is 10.4 Å². The molecule has 4 aromatic rings. The third-order valence-electron chi connectivity index (χ3n) is 6.83. The number of hydrogen-bond donors (Lipinski definition) is 2. The Morgan fingerprint density at radius 3 is 2.62 bits per heavy atom. The minimum atomic E-state index is -3.90. The first-order chi connectivity index (χ1) is 17.8. The van der Waals surface area contributed by atoms with Crippen LogP contribution >= 0.6 is 11.3 Å². The molecule has 1 aliphatic heterocycles. The summed E-state index contributed by atoms with van der Waals surface area (Å²) < 4.78 is 26.0. The second kappa shape index (κ2) is 10.0. The summed E-state index contributed by atoms with van der Waals surface area (Å²) in [5, 5.41) is 10.2. The third kappa shape index (κ3) is 4.75. The molecule has 190 valence electrons. The molecule has 1 saturated heterocycles. The van der Waals surface area contributed by atoms with Gasteiger partial charge in [-0.15, -0.1) is 11.3 Å². The highest BCUT2D eigenvalue weighted by atomic mass is 32.2. The fourth-order valence-corrected chi connectivity index (χ4v) is 8.40. The van der Waals surface area contributed by atoms with Crippen molar-refractivity contribution in [1.82, 2.24) is 15.4 Å². The second-order valence-corrected chi connectivity index (χ2v) is 12.5. The van der Waals surface area contributed by atoms with Gasteiger partial charge in [-0.25, -0.2) is 13.9 Å². The predicted molar refractivity (Wildman–Crippen MR) is 142 cm³/mol. The fourth-order valence-electron chi connectivity index (χ4n) is 4.80. The summed E-state index contributed by atoms with van der Waals surface area (Å²) in [4.78, 5) is 32.7. The van der Waals surface area contributed by atoms with Crippen LogP contribution in [0, 0.1) is 0 Å². The summed E-state index contributed by atoms with van der Waals surface area (Å²) in [5.41, 5.74) is 3.84. The van der Waals surface area contributed by atoms with Crippen molar-refractivity contribution in [2.75, 3.05) is 18.8 Å². The zero-order chi connectivity index (χ0) is 26.0. The lowest BCUT2D eigenvalue weighted by atomic mass is 9.97. The molecule has 2 amide bonds. The van der Waals surface area contributed by atoms with Crippen LogP contribution in [0.25, 0.3) is 21.3 Å². The Labute approximate surface area is 218 Å². The number of hydrogen-bond acceptors (Lipinski definition) is 7. The maximum Gasteiger partial charge on any atom is 0.253 e. The summed E-state index contributed by atoms with van der Waals surface area (Å²) in [6, 6.07) is 22.0. The standard InChI is InChI=1S/C27H25N3O5S2/c31-25(29-33)18-27(12-14-30(15-16-37(27,34)35)26(32)19-5-2-1-3-6-19)24-11-10-23(36-24)21-8-9-22-20(17-21)7-4-13-28-22/h1-11,13,17,33H,12,14-16,18H2,(H,29,31). The van der Waals surface area contributed by atoms with Gasteiger partial charge in [0.25, 0.3) is 5.91 Å². The van der Waals surface area contributed by atoms with Crippen LogP contribution in [-0.4, -0.2) is 54.2 Å². The van der Waals surface area contributed by atoms with Crippen LogP contribution in [0.15, 0.2) is 79.0 Å². The van der Waals surface area contributed by atoms with E-state index in [1.807, 2.05) is 42.5 Å². The van der Waals surface area contributed by atoms with Gasteiger partial charge >= 0.3 is 0 Å². The van der Waals surface area contributed by atoms with E-state index in [4.69, 9.17) is 0 Å². The molecule has 3 heterocycles. The number of amides is 2. The summed E-state index contributed by atoms with van der Waals surface area (Å²) >= 11 is 1.31. The van der Waals surface area contributed by atoms with Gasteiger partial charge < -0.3 is 4.90 Å². The van der Waals surface area contributed by atoms with E-state index in [1.165, 1.54) is 16.2 Å². The van der Waals surface area contributed by atoms with Gasteiger partial charge in [0.2, 0.25) is 5.91 Å². The van der Waals surface area contributed by atoms with E-state index in [2.05, 4.69) is 4.98 Å². The molecule has 1 atom stereocenters. The van der Waals surface area contributed by atoms with Gasteiger partial charge in [0.15, 0.2) is 9.84 Å². The zero-order valence-corrected chi connectivity index (χ0v) is 21.5. The zero-order valence-electron chi connectivity index (χ0n) is 19.8. The van der Waals surface area contributed by atoms with E-state index < -0.39 is 26.9 Å². The number of carbonyl (C=O) groups is 2. The molecule has 2 N–H and O–H groups in total. The van der Waals surface area contributed by atoms with Gasteiger partial charge in [0.05, 0.1) is 17.7 Å². The summed E-state index contributed by atoms with van der Waals surface area (Å²) in [7, 11) is -3.90. The lowest BCUT2D eigenvalue weighted by molar-refractivity contribution is -0.129. The predicted octanol–water partition coefficient (Wildman–Crippen LogP) is 4.02. The second-order valence-electron chi connectivity index (χ2n) is 9.01. The molecule has 2 aromatic heterocycles. The Morgan fingerprint density at radius 1 is 1.03 bits per heavy atom. The highest BCUT2D eigenvalue weighted by molar-refractivity contribution is 7.92. The summed E-state index contributed by atoms with van der Waals surface area (Å²) in [6.07, 6.45) is 1.31. The number of carbonyl (C=O) groups excluding carboxylic acids is 2. The van der Waals surface area contributed by atoms with Gasteiger partial charge in [-0.05, 0) is 54.4 Å². The van der Waals surface area contributed by atoms with Crippen LogP contribution in [0.1, 0.15) is 28.1 Å². The molecule has 10 heteroatoms. The van der Waals surface area contributed by atoms with Gasteiger partial charge in [-0.1, -0.05) is 30.3 Å². The monoisotopic (exact) mass is 535 g/mol. The number of nitrogens with one attached hydrogen (secondary N) is 1. The Hall–Kier alpha value is -3.60. The molecule has 0 spiro atoms. The minimum Gasteiger partial charge on any atom is -0.338 e. The van der Waals surface area contributed by atoms with Crippen LogP contribution in [-0.2, 0) is 19.4 Å². The van der Waals surface area contributed by atoms with Crippen molar-refractivity contribution in [2.24, 2.45) is 0 Å². The summed E-state index contributed by atoms with van der Waals surface area (Å²) in [5.74, 6) is -1.34. The average Bonchev–Trinajstić information content (AvgIpc) is 3.38. The number of aromatic nitrogens is 1. The van der Waals surface area contributed by atoms with Crippen LogP contribution in [0.2, 0.25) is 0 Å². The van der Waals surface area contributed by atoms with Crippen LogP contribution in [0.5, 0.6) is 0 Å². The van der Waals surface area contributed by atoms with Crippen LogP contribution in [0.4, 0.5) is 0 Å². The number of fused-ring (bicyclic) bond motifs is 1. The maximum atomic E-state index is 13.8. The average molecular weight is 536 g/mol. The Kier molecular flexibility index (Phi) is 6.80. The number of rotatable bonds is 5. The van der Waals surface area contributed by atoms with Crippen molar-refractivity contribution in [3.63, 3.8) is 0 Å². The van der Waals surface area contributed by atoms with Crippen molar-refractivity contribution in [3.05, 3.63) is 89.4 Å². The lowest BCUT2D eigenvalue weighted by Crippen LogP contribution is -2.41. The number of pyridine rings is 1. The van der Waals surface area contributed by atoms with Gasteiger partial charge in [-0.3, -0.25) is 19.8 Å². The van der Waals surface area contributed by atoms with Gasteiger partial charge in [0, 0.05) is 40.0 Å². The quantitative estimate of drug-likeness (QED) is 0.295. The maximum absolute atomic E-state index is 13.8. The molecule has 8 nitrogen and oxygen atoms in total. The molecule has 0 radical (unpaired) electrons. The van der Waals surface area contributed by atoms with E-state index in [0.717, 1.165) is 21.3 Å². The van der Waals surface area contributed by atoms with Crippen LogP contribution < -0.4 is 5.48 Å². The molecule has 0 aliphatic carbocycles. The van der Waals surface area contributed by atoms with E-state index >= 15 is 0 Å². The largest absolute Gasteiger partial charge is 0.338 e. The molecule has 0 bridgehead atoms. The number of sulfone groups is 1. The molecule has 2 aromatic carbocycles. The number of nitrogens with zero attached hydrogens (tertiary/aromatic N) is 2. The molecule has 1 aliphatic rings. The Bertz CT molecular complexity index is 1570. The van der Waals surface area contributed by atoms with Crippen molar-refractivity contribution in [1.29, 1.82) is 0 Å². The van der Waals surface area contributed by atoms with E-state index in [1.54, 1.807) is 42.0 Å². The topological polar surface area (TPSA) is 117 Å². The highest BCUT2D eigenvalue weighted by Gasteiger charge is 2.49. The Balaban J connectivity index is 1.53. The number of thiophene rings is 1. The molecular weight excluding hydrogens is 510 g/mol. The number of benzene rings is 2. The van der Waals surface area contributed by atoms with Gasteiger partial charge in [-0.2, -0.15) is 0 Å². The molecule has 0 saturated carbocycles. The summed E-state index contributed by atoms with van der Waals surface area (Å²) in [6.45, 7) is 0.176. The first-order valence-electron chi connectivity index (χ1n) is 11.8. The first-order valence-corrected chi connectivity index (χ1v) is 14.2. The molecule has 1 fully saturated rings. The SMILES string of the molecule is O=C(CC1(c2ccc(-c3ccc4ncccc4c3)s2)CCN(C(=O)c2ccccc2)CCS1(=O)=O)NO. The van der Waals surface area contributed by atoms with Crippen molar-refractivity contribution < 1.29 is 23.2 Å². The minimum absolute atomic E-state index is 0.0223. The normalized spacial score (nSPS) is 19.3. The third-order valence-corrected chi connectivity index (χ3v) is 10.8. The van der Waals surface area contributed by atoms with Crippen molar-refractivity contribution >= 4 is 43.9 Å². The lowest BCUT2D eigenvalue weighted by Gasteiger charge is -2.30. The number of hydroxylamine groups is 1. The molecular formula is C27H25N3O5S2. The Morgan fingerprint density at radius 2 is 1.84 bits per heavy atom.